The number of aromatic amines is 1. The lowest BCUT2D eigenvalue weighted by Crippen LogP contribution is -2.45. The van der Waals surface area contributed by atoms with Crippen LogP contribution in [0.3, 0.4) is 0 Å². The fraction of sp³-hybridized carbons (Fsp3) is 0.185. The minimum Gasteiger partial charge on any atom is -0.340 e. The van der Waals surface area contributed by atoms with E-state index in [0.29, 0.717) is 33.1 Å². The summed E-state index contributed by atoms with van der Waals surface area (Å²) in [6, 6.07) is 17.0. The molecule has 3 aromatic carbocycles. The van der Waals surface area contributed by atoms with Gasteiger partial charge in [0, 0.05) is 29.4 Å². The zero-order valence-electron chi connectivity index (χ0n) is 19.5. The van der Waals surface area contributed by atoms with Crippen LogP contribution in [0.4, 0.5) is 3.89 Å². The fourth-order valence-corrected chi connectivity index (χ4v) is 5.84. The predicted molar refractivity (Wildman–Crippen MR) is 137 cm³/mol. The fourth-order valence-electron chi connectivity index (χ4n) is 5.33. The summed E-state index contributed by atoms with van der Waals surface area (Å²) in [5.74, 6) is 0. The predicted octanol–water partition coefficient (Wildman–Crippen LogP) is 4.63. The van der Waals surface area contributed by atoms with Crippen molar-refractivity contribution in [2.45, 2.75) is 17.9 Å². The van der Waals surface area contributed by atoms with Crippen molar-refractivity contribution in [1.82, 2.24) is 14.5 Å². The van der Waals surface area contributed by atoms with E-state index in [1.165, 1.54) is 18.2 Å². The first-order chi connectivity index (χ1) is 17.2. The number of rotatable bonds is 3. The molecule has 6 rings (SSSR count). The summed E-state index contributed by atoms with van der Waals surface area (Å²) in [5.41, 5.74) is 4.55. The van der Waals surface area contributed by atoms with E-state index in [0.717, 1.165) is 35.1 Å². The topological polar surface area (TPSA) is 99.0 Å². The van der Waals surface area contributed by atoms with Gasteiger partial charge in [-0.2, -0.15) is 13.7 Å². The number of hydrogen-bond donors (Lipinski definition) is 1. The second-order valence-corrected chi connectivity index (χ2v) is 10.8. The Morgan fingerprint density at radius 3 is 2.56 bits per heavy atom. The van der Waals surface area contributed by atoms with Crippen LogP contribution in [0, 0.1) is 18.3 Å². The second kappa shape index (κ2) is 7.75. The van der Waals surface area contributed by atoms with Crippen LogP contribution in [0.5, 0.6) is 0 Å². The van der Waals surface area contributed by atoms with Gasteiger partial charge in [0.05, 0.1) is 33.5 Å². The Kier molecular flexibility index (Phi) is 4.84. The molecular weight excluding hydrogens is 479 g/mol. The highest BCUT2D eigenvalue weighted by molar-refractivity contribution is 7.86. The van der Waals surface area contributed by atoms with Gasteiger partial charge in [-0.05, 0) is 67.1 Å². The van der Waals surface area contributed by atoms with Crippen molar-refractivity contribution >= 4 is 43.1 Å². The Hall–Kier alpha value is -4.00. The summed E-state index contributed by atoms with van der Waals surface area (Å²) >= 11 is 0. The minimum absolute atomic E-state index is 0.109. The van der Waals surface area contributed by atoms with Crippen LogP contribution in [0.25, 0.3) is 44.0 Å². The van der Waals surface area contributed by atoms with Crippen LogP contribution in [-0.4, -0.2) is 43.0 Å². The van der Waals surface area contributed by atoms with Crippen LogP contribution in [0.1, 0.15) is 17.2 Å². The van der Waals surface area contributed by atoms with Crippen LogP contribution < -0.4 is 5.43 Å². The Labute approximate surface area is 206 Å². The number of halogens is 1. The first-order valence-electron chi connectivity index (χ1n) is 11.4. The smallest absolute Gasteiger partial charge is 0.332 e. The van der Waals surface area contributed by atoms with E-state index in [1.54, 1.807) is 24.3 Å². The van der Waals surface area contributed by atoms with Crippen molar-refractivity contribution in [2.75, 3.05) is 20.1 Å². The third-order valence-electron chi connectivity index (χ3n) is 7.06. The van der Waals surface area contributed by atoms with E-state index in [9.17, 15) is 22.4 Å². The molecule has 0 radical (unpaired) electrons. The summed E-state index contributed by atoms with van der Waals surface area (Å²) in [5, 5.41) is 11.2. The van der Waals surface area contributed by atoms with E-state index in [-0.39, 0.29) is 11.5 Å². The number of benzene rings is 3. The summed E-state index contributed by atoms with van der Waals surface area (Å²) in [6.45, 7) is 3.44. The Morgan fingerprint density at radius 2 is 1.86 bits per heavy atom. The molecule has 0 bridgehead atoms. The molecule has 3 heterocycles. The maximum absolute atomic E-state index is 13.8. The van der Waals surface area contributed by atoms with E-state index in [4.69, 9.17) is 0 Å². The maximum atomic E-state index is 13.8. The van der Waals surface area contributed by atoms with Crippen molar-refractivity contribution in [1.29, 1.82) is 5.26 Å². The van der Waals surface area contributed by atoms with Crippen molar-refractivity contribution in [3.8, 4) is 17.2 Å². The standard InChI is InChI=1S/C27H21FN4O3S/c1-15-8-22-24(11-21(15)17-4-3-5-19(10-17)36(28,34)35)32(18-13-31(2)14-18)27-25(26(22)33)20-7-6-16(12-29)9-23(20)30-27/h3-11,18,30H,13-14H2,1-2H3. The highest BCUT2D eigenvalue weighted by Gasteiger charge is 2.29. The number of aryl methyl sites for hydroxylation is 1. The summed E-state index contributed by atoms with van der Waals surface area (Å²) in [4.78, 5) is 19.0. The average Bonchev–Trinajstić information content (AvgIpc) is 3.21. The molecule has 0 spiro atoms. The van der Waals surface area contributed by atoms with Crippen molar-refractivity contribution in [2.24, 2.45) is 0 Å². The molecule has 1 N–H and O–H groups in total. The summed E-state index contributed by atoms with van der Waals surface area (Å²) in [6.07, 6.45) is 0. The molecule has 1 aliphatic rings. The number of fused-ring (bicyclic) bond motifs is 4. The van der Waals surface area contributed by atoms with Gasteiger partial charge in [-0.3, -0.25) is 4.79 Å². The van der Waals surface area contributed by atoms with Gasteiger partial charge in [0.25, 0.3) is 0 Å². The number of likely N-dealkylation sites (N-methyl/N-ethyl adjacent to an activating group) is 1. The third-order valence-corrected chi connectivity index (χ3v) is 7.88. The van der Waals surface area contributed by atoms with Crippen molar-refractivity contribution < 1.29 is 12.3 Å². The zero-order valence-corrected chi connectivity index (χ0v) is 20.4. The van der Waals surface area contributed by atoms with Gasteiger partial charge in [0.2, 0.25) is 0 Å². The van der Waals surface area contributed by atoms with E-state index < -0.39 is 15.1 Å². The minimum atomic E-state index is -4.86. The van der Waals surface area contributed by atoms with Crippen molar-refractivity contribution in [3.63, 3.8) is 0 Å². The third kappa shape index (κ3) is 3.33. The number of likely N-dealkylation sites (tertiary alicyclic amines) is 1. The molecule has 5 aromatic rings. The largest absolute Gasteiger partial charge is 0.340 e. The number of pyridine rings is 1. The van der Waals surface area contributed by atoms with E-state index >= 15 is 0 Å². The molecule has 0 amide bonds. The highest BCUT2D eigenvalue weighted by Crippen LogP contribution is 2.35. The molecule has 0 saturated carbocycles. The Bertz CT molecular complexity index is 1940. The van der Waals surface area contributed by atoms with Gasteiger partial charge in [-0.1, -0.05) is 18.2 Å². The van der Waals surface area contributed by atoms with Crippen molar-refractivity contribution in [3.05, 3.63) is 75.9 Å². The first kappa shape index (κ1) is 22.5. The van der Waals surface area contributed by atoms with Crippen LogP contribution in [-0.2, 0) is 10.2 Å². The number of hydrogen-bond acceptors (Lipinski definition) is 5. The Balaban J connectivity index is 1.71. The molecule has 1 aliphatic heterocycles. The van der Waals surface area contributed by atoms with Gasteiger partial charge >= 0.3 is 10.2 Å². The van der Waals surface area contributed by atoms with Gasteiger partial charge in [-0.25, -0.2) is 0 Å². The van der Waals surface area contributed by atoms with Crippen LogP contribution in [0.15, 0.2) is 64.3 Å². The molecule has 36 heavy (non-hydrogen) atoms. The molecule has 0 unspecified atom stereocenters. The quantitative estimate of drug-likeness (QED) is 0.364. The lowest BCUT2D eigenvalue weighted by molar-refractivity contribution is 0.146. The molecule has 9 heteroatoms. The van der Waals surface area contributed by atoms with Crippen LogP contribution in [0.2, 0.25) is 0 Å². The number of H-pyrrole nitrogens is 1. The van der Waals surface area contributed by atoms with Crippen LogP contribution >= 0.6 is 0 Å². The molecule has 0 aliphatic carbocycles. The zero-order chi connectivity index (χ0) is 25.4. The van der Waals surface area contributed by atoms with Gasteiger partial charge in [0.15, 0.2) is 5.43 Å². The molecule has 7 nitrogen and oxygen atoms in total. The molecule has 0 atom stereocenters. The highest BCUT2D eigenvalue weighted by atomic mass is 32.3. The lowest BCUT2D eigenvalue weighted by Gasteiger charge is -2.39. The molecule has 1 fully saturated rings. The molecule has 2 aromatic heterocycles. The average molecular weight is 501 g/mol. The molecular formula is C27H21FN4O3S. The van der Waals surface area contributed by atoms with Gasteiger partial charge in [-0.15, -0.1) is 3.89 Å². The van der Waals surface area contributed by atoms with Gasteiger partial charge in [0.1, 0.15) is 5.65 Å². The second-order valence-electron chi connectivity index (χ2n) is 9.44. The number of nitrogens with zero attached hydrogens (tertiary/aromatic N) is 3. The summed E-state index contributed by atoms with van der Waals surface area (Å²) < 4.78 is 38.9. The summed E-state index contributed by atoms with van der Waals surface area (Å²) in [7, 11) is -2.83. The monoisotopic (exact) mass is 500 g/mol. The van der Waals surface area contributed by atoms with E-state index in [1.807, 2.05) is 26.1 Å². The van der Waals surface area contributed by atoms with Gasteiger partial charge < -0.3 is 14.5 Å². The number of nitrogens with one attached hydrogen (secondary N) is 1. The SMILES string of the molecule is Cc1cc2c(=O)c3c4ccc(C#N)cc4[nH]c3n(C3CN(C)C3)c2cc1-c1cccc(S(=O)(=O)F)c1. The lowest BCUT2D eigenvalue weighted by atomic mass is 9.96. The normalized spacial score (nSPS) is 14.9. The van der Waals surface area contributed by atoms with E-state index in [2.05, 4.69) is 20.5 Å². The maximum Gasteiger partial charge on any atom is 0.332 e. The first-order valence-corrected chi connectivity index (χ1v) is 12.8. The molecule has 1 saturated heterocycles. The Morgan fingerprint density at radius 1 is 1.08 bits per heavy atom. The number of aromatic nitrogens is 2. The number of nitriles is 1. The molecule has 180 valence electrons.